The minimum absolute atomic E-state index is 0.204. The van der Waals surface area contributed by atoms with Crippen molar-refractivity contribution in [2.45, 2.75) is 77.3 Å². The number of benzene rings is 2. The molecule has 2 aromatic carbocycles. The van der Waals surface area contributed by atoms with Crippen molar-refractivity contribution in [1.29, 1.82) is 0 Å². The van der Waals surface area contributed by atoms with Crippen LogP contribution in [0.2, 0.25) is 0 Å². The second-order valence-corrected chi connectivity index (χ2v) is 9.88. The van der Waals surface area contributed by atoms with E-state index in [0.29, 0.717) is 12.3 Å². The second-order valence-electron chi connectivity index (χ2n) is 9.88. The summed E-state index contributed by atoms with van der Waals surface area (Å²) in [6.45, 7) is 4.01. The molecule has 1 aliphatic rings. The zero-order chi connectivity index (χ0) is 32.1. The van der Waals surface area contributed by atoms with E-state index < -0.39 is 60.7 Å². The largest absolute Gasteiger partial charge is 0.467 e. The summed E-state index contributed by atoms with van der Waals surface area (Å²) in [7, 11) is 1.11. The fraction of sp³-hybridized carbons (Fsp3) is 0.452. The highest BCUT2D eigenvalue weighted by Gasteiger charge is 2.55. The molecule has 5 atom stereocenters. The zero-order valence-electron chi connectivity index (χ0n) is 25.0. The monoisotopic (exact) mass is 615 g/mol. The Hall–Kier alpha value is -4.65. The molecule has 1 fully saturated rings. The number of aryl methyl sites for hydroxylation is 1. The van der Waals surface area contributed by atoms with Crippen LogP contribution in [0.25, 0.3) is 0 Å². The van der Waals surface area contributed by atoms with Crippen LogP contribution < -0.4 is 10.1 Å². The third-order valence-electron chi connectivity index (χ3n) is 6.38. The zero-order valence-corrected chi connectivity index (χ0v) is 25.0. The standard InChI is InChI=1S/C31H37NO12/c1-19(33)40-25-26(41-20(2)34)28(42-21(3)35)30(44-27(25)29(36)38-4)43-24-15-13-22(14-16-24)10-8-9-17-32-31(37)39-18-23-11-6-5-7-12-23/h5-7,11-16,25-28,30H,8-10,17-18H2,1-4H3,(H,32,37)/t25-,26-,27-,28+,30?/m0/s1. The molecule has 0 spiro atoms. The topological polar surface area (TPSA) is 162 Å². The maximum absolute atomic E-state index is 12.6. The summed E-state index contributed by atoms with van der Waals surface area (Å²) >= 11 is 0. The lowest BCUT2D eigenvalue weighted by Crippen LogP contribution is -2.64. The first-order valence-electron chi connectivity index (χ1n) is 14.0. The summed E-state index contributed by atoms with van der Waals surface area (Å²) in [5.74, 6) is -2.94. The molecule has 1 heterocycles. The Morgan fingerprint density at radius 1 is 0.750 bits per heavy atom. The van der Waals surface area contributed by atoms with E-state index in [2.05, 4.69) is 5.32 Å². The second kappa shape index (κ2) is 16.8. The van der Waals surface area contributed by atoms with Gasteiger partial charge in [-0.25, -0.2) is 9.59 Å². The van der Waals surface area contributed by atoms with Crippen molar-refractivity contribution in [3.8, 4) is 5.75 Å². The molecular weight excluding hydrogens is 578 g/mol. The van der Waals surface area contributed by atoms with Crippen molar-refractivity contribution in [1.82, 2.24) is 5.32 Å². The van der Waals surface area contributed by atoms with Gasteiger partial charge in [0.2, 0.25) is 12.4 Å². The van der Waals surface area contributed by atoms with Crippen molar-refractivity contribution < 1.29 is 57.1 Å². The van der Waals surface area contributed by atoms with Gasteiger partial charge in [-0.1, -0.05) is 42.5 Å². The summed E-state index contributed by atoms with van der Waals surface area (Å²) in [6.07, 6.45) is -5.52. The quantitative estimate of drug-likeness (QED) is 0.199. The van der Waals surface area contributed by atoms with Gasteiger partial charge in [0, 0.05) is 27.3 Å². The van der Waals surface area contributed by atoms with Crippen LogP contribution >= 0.6 is 0 Å². The highest BCUT2D eigenvalue weighted by atomic mass is 16.7. The Kier molecular flexibility index (Phi) is 13.0. The van der Waals surface area contributed by atoms with Crippen molar-refractivity contribution in [3.05, 3.63) is 65.7 Å². The highest BCUT2D eigenvalue weighted by Crippen LogP contribution is 2.31. The third-order valence-corrected chi connectivity index (χ3v) is 6.38. The number of methoxy groups -OCH3 is 1. The van der Waals surface area contributed by atoms with Gasteiger partial charge in [0.25, 0.3) is 0 Å². The molecule has 0 aliphatic carbocycles. The Morgan fingerprint density at radius 2 is 1.36 bits per heavy atom. The van der Waals surface area contributed by atoms with Gasteiger partial charge < -0.3 is 38.5 Å². The van der Waals surface area contributed by atoms with Gasteiger partial charge in [0.1, 0.15) is 12.4 Å². The fourth-order valence-electron chi connectivity index (χ4n) is 4.46. The molecule has 0 saturated carbocycles. The minimum atomic E-state index is -1.55. The van der Waals surface area contributed by atoms with Gasteiger partial charge in [0.05, 0.1) is 7.11 Å². The van der Waals surface area contributed by atoms with Crippen LogP contribution in [0.15, 0.2) is 54.6 Å². The minimum Gasteiger partial charge on any atom is -0.467 e. The molecule has 44 heavy (non-hydrogen) atoms. The van der Waals surface area contributed by atoms with Crippen LogP contribution in [0.4, 0.5) is 4.79 Å². The molecule has 13 heteroatoms. The average molecular weight is 616 g/mol. The maximum Gasteiger partial charge on any atom is 0.407 e. The number of carbonyl (C=O) groups is 5. The first-order chi connectivity index (χ1) is 21.1. The number of hydrogen-bond donors (Lipinski definition) is 1. The molecule has 2 aromatic rings. The molecule has 1 unspecified atom stereocenters. The van der Waals surface area contributed by atoms with Gasteiger partial charge in [-0.05, 0) is 42.5 Å². The van der Waals surface area contributed by atoms with E-state index in [-0.39, 0.29) is 6.61 Å². The van der Waals surface area contributed by atoms with Gasteiger partial charge in [-0.3, -0.25) is 14.4 Å². The summed E-state index contributed by atoms with van der Waals surface area (Å²) in [6, 6.07) is 16.4. The summed E-state index contributed by atoms with van der Waals surface area (Å²) in [5, 5.41) is 2.73. The van der Waals surface area contributed by atoms with Crippen molar-refractivity contribution in [2.24, 2.45) is 0 Å². The van der Waals surface area contributed by atoms with E-state index in [1.807, 2.05) is 42.5 Å². The van der Waals surface area contributed by atoms with Crippen LogP contribution in [-0.4, -0.2) is 74.3 Å². The van der Waals surface area contributed by atoms with Crippen LogP contribution in [0.5, 0.6) is 5.75 Å². The van der Waals surface area contributed by atoms with Gasteiger partial charge in [-0.15, -0.1) is 0 Å². The number of carbonyl (C=O) groups excluding carboxylic acids is 5. The molecule has 1 amide bonds. The number of nitrogens with one attached hydrogen (secondary N) is 1. The predicted molar refractivity (Wildman–Crippen MR) is 152 cm³/mol. The molecule has 1 N–H and O–H groups in total. The van der Waals surface area contributed by atoms with E-state index in [9.17, 15) is 24.0 Å². The first-order valence-corrected chi connectivity index (χ1v) is 14.0. The summed E-state index contributed by atoms with van der Waals surface area (Å²) in [5.41, 5.74) is 1.90. The van der Waals surface area contributed by atoms with E-state index in [4.69, 9.17) is 33.2 Å². The maximum atomic E-state index is 12.6. The van der Waals surface area contributed by atoms with Crippen LogP contribution in [0.3, 0.4) is 0 Å². The number of ether oxygens (including phenoxy) is 7. The van der Waals surface area contributed by atoms with Crippen LogP contribution in [-0.2, 0) is 60.6 Å². The van der Waals surface area contributed by atoms with E-state index in [0.717, 1.165) is 58.3 Å². The third kappa shape index (κ3) is 10.6. The lowest BCUT2D eigenvalue weighted by Gasteiger charge is -2.43. The first kappa shape index (κ1) is 33.8. The van der Waals surface area contributed by atoms with E-state index in [1.165, 1.54) is 0 Å². The van der Waals surface area contributed by atoms with E-state index >= 15 is 0 Å². The van der Waals surface area contributed by atoms with Gasteiger partial charge >= 0.3 is 30.0 Å². The Balaban J connectivity index is 1.59. The normalized spacial score (nSPS) is 20.9. The Bertz CT molecular complexity index is 1270. The summed E-state index contributed by atoms with van der Waals surface area (Å²) in [4.78, 5) is 60.2. The number of alkyl carbamates (subject to hydrolysis) is 1. The molecule has 1 aliphatic heterocycles. The number of unbranched alkanes of at least 4 members (excludes halogenated alkanes) is 1. The molecule has 3 rings (SSSR count). The molecule has 13 nitrogen and oxygen atoms in total. The number of amides is 1. The van der Waals surface area contributed by atoms with E-state index in [1.54, 1.807) is 12.1 Å². The fourth-order valence-corrected chi connectivity index (χ4v) is 4.46. The number of hydrogen-bond acceptors (Lipinski definition) is 12. The highest BCUT2D eigenvalue weighted by molar-refractivity contribution is 5.77. The lowest BCUT2D eigenvalue weighted by atomic mass is 9.97. The van der Waals surface area contributed by atoms with Crippen molar-refractivity contribution in [2.75, 3.05) is 13.7 Å². The predicted octanol–water partition coefficient (Wildman–Crippen LogP) is 3.01. The van der Waals surface area contributed by atoms with Crippen molar-refractivity contribution in [3.63, 3.8) is 0 Å². The average Bonchev–Trinajstić information content (AvgIpc) is 2.99. The molecule has 0 bridgehead atoms. The van der Waals surface area contributed by atoms with Crippen LogP contribution in [0, 0.1) is 0 Å². The molecule has 238 valence electrons. The molecule has 0 aromatic heterocycles. The number of rotatable bonds is 13. The summed E-state index contributed by atoms with van der Waals surface area (Å²) < 4.78 is 37.7. The van der Waals surface area contributed by atoms with Gasteiger partial charge in [0.15, 0.2) is 18.3 Å². The molecule has 1 saturated heterocycles. The van der Waals surface area contributed by atoms with Crippen LogP contribution in [0.1, 0.15) is 44.7 Å². The van der Waals surface area contributed by atoms with Crippen molar-refractivity contribution >= 4 is 30.0 Å². The smallest absolute Gasteiger partial charge is 0.407 e. The molecular formula is C31H37NO12. The Labute approximate surface area is 255 Å². The Morgan fingerprint density at radius 3 is 1.98 bits per heavy atom. The SMILES string of the molecule is COC(=O)[C@H]1OC(Oc2ccc(CCCCNC(=O)OCc3ccccc3)cc2)[C@H](OC(C)=O)[C@@H](OC(C)=O)[C@@H]1OC(C)=O. The molecule has 0 radical (unpaired) electrons. The number of esters is 4. The lowest BCUT2D eigenvalue weighted by molar-refractivity contribution is -0.282. The van der Waals surface area contributed by atoms with Gasteiger partial charge in [-0.2, -0.15) is 0 Å².